The Hall–Kier alpha value is -1.42. The summed E-state index contributed by atoms with van der Waals surface area (Å²) in [6.45, 7) is 3.75. The van der Waals surface area contributed by atoms with Gasteiger partial charge in [-0.05, 0) is 38.8 Å². The predicted octanol–water partition coefficient (Wildman–Crippen LogP) is 2.07. The first-order valence-corrected chi connectivity index (χ1v) is 5.68. The van der Waals surface area contributed by atoms with Crippen LogP contribution in [0.1, 0.15) is 36.2 Å². The van der Waals surface area contributed by atoms with Crippen LogP contribution in [-0.4, -0.2) is 17.9 Å². The Bertz CT molecular complexity index is 469. The van der Waals surface area contributed by atoms with E-state index in [4.69, 9.17) is 10.5 Å². The fourth-order valence-electron chi connectivity index (χ4n) is 2.03. The number of carbonyl (C=O) groups is 1. The molecule has 1 aromatic carbocycles. The molecule has 0 spiro atoms. The Balaban J connectivity index is 2.44. The second kappa shape index (κ2) is 4.11. The van der Waals surface area contributed by atoms with Crippen LogP contribution < -0.4 is 10.5 Å². The molecule has 0 saturated heterocycles. The molecule has 1 aliphatic heterocycles. The van der Waals surface area contributed by atoms with E-state index < -0.39 is 5.82 Å². The third kappa shape index (κ3) is 2.17. The lowest BCUT2D eigenvalue weighted by atomic mass is 9.92. The van der Waals surface area contributed by atoms with Crippen molar-refractivity contribution in [3.05, 3.63) is 29.1 Å². The highest BCUT2D eigenvalue weighted by atomic mass is 19.1. The first-order chi connectivity index (χ1) is 7.94. The van der Waals surface area contributed by atoms with Crippen molar-refractivity contribution in [2.45, 2.75) is 32.3 Å². The summed E-state index contributed by atoms with van der Waals surface area (Å²) < 4.78 is 19.8. The number of hydrogen-bond acceptors (Lipinski definition) is 3. The topological polar surface area (TPSA) is 52.3 Å². The van der Waals surface area contributed by atoms with Gasteiger partial charge in [-0.15, -0.1) is 0 Å². The van der Waals surface area contributed by atoms with E-state index in [-0.39, 0.29) is 23.5 Å². The Morgan fingerprint density at radius 3 is 2.88 bits per heavy atom. The van der Waals surface area contributed by atoms with Crippen molar-refractivity contribution in [2.75, 3.05) is 6.54 Å². The highest BCUT2D eigenvalue weighted by Crippen LogP contribution is 2.35. The van der Waals surface area contributed by atoms with Gasteiger partial charge in [0.2, 0.25) is 0 Å². The zero-order valence-electron chi connectivity index (χ0n) is 10.0. The van der Waals surface area contributed by atoms with Gasteiger partial charge < -0.3 is 10.5 Å². The van der Waals surface area contributed by atoms with E-state index in [1.54, 1.807) is 6.07 Å². The molecule has 4 heteroatoms. The highest BCUT2D eigenvalue weighted by molar-refractivity contribution is 5.98. The molecule has 0 radical (unpaired) electrons. The Morgan fingerprint density at radius 2 is 2.24 bits per heavy atom. The molecule has 3 nitrogen and oxygen atoms in total. The van der Waals surface area contributed by atoms with Gasteiger partial charge in [0.1, 0.15) is 17.2 Å². The van der Waals surface area contributed by atoms with E-state index >= 15 is 0 Å². The van der Waals surface area contributed by atoms with Gasteiger partial charge in [0.15, 0.2) is 5.78 Å². The van der Waals surface area contributed by atoms with E-state index in [0.717, 1.165) is 6.42 Å². The molecule has 2 N–H and O–H groups in total. The molecule has 0 bridgehead atoms. The van der Waals surface area contributed by atoms with Crippen LogP contribution in [-0.2, 0) is 6.42 Å². The van der Waals surface area contributed by atoms with E-state index in [2.05, 4.69) is 0 Å². The summed E-state index contributed by atoms with van der Waals surface area (Å²) in [4.78, 5) is 11.4. The lowest BCUT2D eigenvalue weighted by Crippen LogP contribution is -2.33. The van der Waals surface area contributed by atoms with Crippen LogP contribution in [0, 0.1) is 5.82 Å². The van der Waals surface area contributed by atoms with Crippen LogP contribution in [0.2, 0.25) is 0 Å². The average Bonchev–Trinajstić information content (AvgIpc) is 2.27. The van der Waals surface area contributed by atoms with Gasteiger partial charge in [-0.3, -0.25) is 4.79 Å². The van der Waals surface area contributed by atoms with Crippen molar-refractivity contribution in [1.29, 1.82) is 0 Å². The van der Waals surface area contributed by atoms with Gasteiger partial charge in [0, 0.05) is 5.56 Å². The Morgan fingerprint density at radius 1 is 1.53 bits per heavy atom. The van der Waals surface area contributed by atoms with E-state index in [9.17, 15) is 9.18 Å². The molecule has 1 aromatic rings. The first-order valence-electron chi connectivity index (χ1n) is 5.68. The second-order valence-corrected chi connectivity index (χ2v) is 4.89. The van der Waals surface area contributed by atoms with Gasteiger partial charge in [-0.1, -0.05) is 0 Å². The second-order valence-electron chi connectivity index (χ2n) is 4.89. The summed E-state index contributed by atoms with van der Waals surface area (Å²) in [5, 5.41) is 0. The summed E-state index contributed by atoms with van der Waals surface area (Å²) >= 11 is 0. The maximum Gasteiger partial charge on any atom is 0.179 e. The van der Waals surface area contributed by atoms with Crippen molar-refractivity contribution in [3.63, 3.8) is 0 Å². The summed E-state index contributed by atoms with van der Waals surface area (Å²) in [6.07, 6.45) is 1.32. The molecule has 0 fully saturated rings. The minimum Gasteiger partial charge on any atom is -0.487 e. The van der Waals surface area contributed by atoms with E-state index in [1.807, 2.05) is 13.8 Å². The molecule has 2 rings (SSSR count). The fraction of sp³-hybridized carbons (Fsp3) is 0.462. The van der Waals surface area contributed by atoms with E-state index in [0.29, 0.717) is 17.7 Å². The summed E-state index contributed by atoms with van der Waals surface area (Å²) in [5.41, 5.74) is 5.52. The van der Waals surface area contributed by atoms with Crippen molar-refractivity contribution in [2.24, 2.45) is 5.73 Å². The van der Waals surface area contributed by atoms with Crippen LogP contribution in [0.5, 0.6) is 5.75 Å². The third-order valence-corrected chi connectivity index (χ3v) is 3.05. The third-order valence-electron chi connectivity index (χ3n) is 3.05. The zero-order chi connectivity index (χ0) is 12.6. The number of benzene rings is 1. The lowest BCUT2D eigenvalue weighted by molar-refractivity contribution is 0.0830. The number of carbonyl (C=O) groups excluding carboxylic acids is 1. The number of Topliss-reactive ketones (excluding diaryl/α,β-unsaturated/α-hetero) is 1. The highest BCUT2D eigenvalue weighted by Gasteiger charge is 2.29. The Labute approximate surface area is 99.8 Å². The number of ether oxygens (including phenoxy) is 1. The minimum absolute atomic E-state index is 0.0644. The van der Waals surface area contributed by atoms with Crippen LogP contribution >= 0.6 is 0 Å². The zero-order valence-corrected chi connectivity index (χ0v) is 10.0. The number of fused-ring (bicyclic) bond motifs is 1. The number of ketones is 1. The Kier molecular flexibility index (Phi) is 2.91. The molecule has 0 atom stereocenters. The van der Waals surface area contributed by atoms with Crippen molar-refractivity contribution < 1.29 is 13.9 Å². The minimum atomic E-state index is -0.478. The summed E-state index contributed by atoms with van der Waals surface area (Å²) in [7, 11) is 0. The van der Waals surface area contributed by atoms with Crippen molar-refractivity contribution >= 4 is 5.78 Å². The number of rotatable bonds is 2. The SMILES string of the molecule is CC1(C)CCc2c(ccc(C(=O)CN)c2F)O1. The van der Waals surface area contributed by atoms with E-state index in [1.165, 1.54) is 6.07 Å². The number of halogens is 1. The van der Waals surface area contributed by atoms with Crippen LogP contribution in [0.25, 0.3) is 0 Å². The number of hydrogen-bond donors (Lipinski definition) is 1. The quantitative estimate of drug-likeness (QED) is 0.801. The first kappa shape index (κ1) is 12.0. The van der Waals surface area contributed by atoms with Gasteiger partial charge in [0.25, 0.3) is 0 Å². The molecular weight excluding hydrogens is 221 g/mol. The summed E-state index contributed by atoms with van der Waals surface area (Å²) in [5.74, 6) is -0.323. The molecule has 0 saturated carbocycles. The molecule has 1 aliphatic rings. The maximum absolute atomic E-state index is 14.1. The molecule has 1 heterocycles. The molecule has 0 aliphatic carbocycles. The van der Waals surface area contributed by atoms with Crippen molar-refractivity contribution in [1.82, 2.24) is 0 Å². The van der Waals surface area contributed by atoms with Gasteiger partial charge >= 0.3 is 0 Å². The monoisotopic (exact) mass is 237 g/mol. The van der Waals surface area contributed by atoms with Crippen LogP contribution in [0.3, 0.4) is 0 Å². The van der Waals surface area contributed by atoms with Crippen molar-refractivity contribution in [3.8, 4) is 5.75 Å². The summed E-state index contributed by atoms with van der Waals surface area (Å²) in [6, 6.07) is 3.10. The molecular formula is C13H16FNO2. The lowest BCUT2D eigenvalue weighted by Gasteiger charge is -2.32. The standard InChI is InChI=1S/C13H16FNO2/c1-13(2)6-5-9-11(17-13)4-3-8(12(9)14)10(16)7-15/h3-4H,5-7,15H2,1-2H3. The van der Waals surface area contributed by atoms with Crippen LogP contribution in [0.15, 0.2) is 12.1 Å². The molecule has 0 aromatic heterocycles. The molecule has 17 heavy (non-hydrogen) atoms. The van der Waals surface area contributed by atoms with Gasteiger partial charge in [-0.2, -0.15) is 0 Å². The van der Waals surface area contributed by atoms with Gasteiger partial charge in [-0.25, -0.2) is 4.39 Å². The largest absolute Gasteiger partial charge is 0.487 e. The fourth-order valence-corrected chi connectivity index (χ4v) is 2.03. The van der Waals surface area contributed by atoms with Crippen LogP contribution in [0.4, 0.5) is 4.39 Å². The molecule has 92 valence electrons. The number of nitrogens with two attached hydrogens (primary N) is 1. The molecule has 0 amide bonds. The molecule has 0 unspecified atom stereocenters. The average molecular weight is 237 g/mol. The normalized spacial score (nSPS) is 17.2. The maximum atomic E-state index is 14.1. The van der Waals surface area contributed by atoms with Gasteiger partial charge in [0.05, 0.1) is 12.1 Å². The smallest absolute Gasteiger partial charge is 0.179 e. The predicted molar refractivity (Wildman–Crippen MR) is 62.8 cm³/mol.